The molecule has 0 radical (unpaired) electrons. The predicted molar refractivity (Wildman–Crippen MR) is 64.1 cm³/mol. The fourth-order valence-electron chi connectivity index (χ4n) is 1.79. The Morgan fingerprint density at radius 2 is 2.36 bits per heavy atom. The van der Waals surface area contributed by atoms with E-state index in [2.05, 4.69) is 18.5 Å². The lowest BCUT2D eigenvalue weighted by molar-refractivity contribution is 0.0157. The van der Waals surface area contributed by atoms with Gasteiger partial charge < -0.3 is 10.1 Å². The molecule has 1 aliphatic heterocycles. The third kappa shape index (κ3) is 4.67. The van der Waals surface area contributed by atoms with Gasteiger partial charge in [0.2, 0.25) is 0 Å². The predicted octanol–water partition coefficient (Wildman–Crippen LogP) is 2.29. The molecule has 84 valence electrons. The molecule has 1 fully saturated rings. The van der Waals surface area contributed by atoms with Gasteiger partial charge in [-0.25, -0.2) is 0 Å². The summed E-state index contributed by atoms with van der Waals surface area (Å²) in [5, 5.41) is 3.59. The minimum absolute atomic E-state index is 0.472. The van der Waals surface area contributed by atoms with Gasteiger partial charge in [0.15, 0.2) is 0 Å². The fourth-order valence-corrected chi connectivity index (χ4v) is 2.54. The molecule has 0 aromatic rings. The van der Waals surface area contributed by atoms with Crippen molar-refractivity contribution in [3.05, 3.63) is 0 Å². The van der Waals surface area contributed by atoms with Crippen molar-refractivity contribution in [2.75, 3.05) is 25.2 Å². The van der Waals surface area contributed by atoms with Crippen LogP contribution in [0, 0.1) is 0 Å². The van der Waals surface area contributed by atoms with Crippen molar-refractivity contribution in [1.82, 2.24) is 5.32 Å². The third-order valence-electron chi connectivity index (χ3n) is 2.77. The van der Waals surface area contributed by atoms with Crippen LogP contribution in [0.5, 0.6) is 0 Å². The maximum Gasteiger partial charge on any atom is 0.0699 e. The van der Waals surface area contributed by atoms with Gasteiger partial charge in [-0.1, -0.05) is 6.92 Å². The molecule has 0 amide bonds. The first-order valence-corrected chi connectivity index (χ1v) is 7.10. The average Bonchev–Trinajstić information content (AvgIpc) is 2.25. The van der Waals surface area contributed by atoms with Crippen molar-refractivity contribution in [2.24, 2.45) is 0 Å². The van der Waals surface area contributed by atoms with E-state index in [1.165, 1.54) is 31.4 Å². The number of hydrogen-bond acceptors (Lipinski definition) is 3. The van der Waals surface area contributed by atoms with E-state index in [0.29, 0.717) is 12.1 Å². The van der Waals surface area contributed by atoms with Crippen molar-refractivity contribution in [1.29, 1.82) is 0 Å². The standard InChI is InChI=1S/C11H23NOS/c1-3-10(9-14-2)12-8-11-6-4-5-7-13-11/h10-12H,3-9H2,1-2H3. The molecule has 1 rings (SSSR count). The summed E-state index contributed by atoms with van der Waals surface area (Å²) >= 11 is 1.92. The molecule has 1 heterocycles. The van der Waals surface area contributed by atoms with Crippen LogP contribution in [0.25, 0.3) is 0 Å². The normalized spacial score (nSPS) is 24.9. The van der Waals surface area contributed by atoms with Crippen LogP contribution in [0.4, 0.5) is 0 Å². The molecule has 0 saturated carbocycles. The fraction of sp³-hybridized carbons (Fsp3) is 1.00. The summed E-state index contributed by atoms with van der Waals surface area (Å²) < 4.78 is 5.68. The molecule has 0 aromatic carbocycles. The highest BCUT2D eigenvalue weighted by molar-refractivity contribution is 7.98. The molecule has 0 bridgehead atoms. The van der Waals surface area contributed by atoms with Gasteiger partial charge in [-0.3, -0.25) is 0 Å². The number of rotatable bonds is 6. The maximum absolute atomic E-state index is 5.68. The summed E-state index contributed by atoms with van der Waals surface area (Å²) in [6.07, 6.45) is 7.68. The van der Waals surface area contributed by atoms with Gasteiger partial charge in [0.25, 0.3) is 0 Å². The second kappa shape index (κ2) is 7.55. The Morgan fingerprint density at radius 1 is 1.50 bits per heavy atom. The van der Waals surface area contributed by atoms with E-state index in [-0.39, 0.29) is 0 Å². The Morgan fingerprint density at radius 3 is 2.93 bits per heavy atom. The zero-order chi connectivity index (χ0) is 10.2. The van der Waals surface area contributed by atoms with E-state index in [9.17, 15) is 0 Å². The summed E-state index contributed by atoms with van der Waals surface area (Å²) in [6, 6.07) is 0.663. The summed E-state index contributed by atoms with van der Waals surface area (Å²) in [5.41, 5.74) is 0. The van der Waals surface area contributed by atoms with Gasteiger partial charge >= 0.3 is 0 Å². The van der Waals surface area contributed by atoms with Crippen LogP contribution >= 0.6 is 11.8 Å². The second-order valence-electron chi connectivity index (χ2n) is 3.96. The lowest BCUT2D eigenvalue weighted by Crippen LogP contribution is -2.39. The minimum Gasteiger partial charge on any atom is -0.377 e. The topological polar surface area (TPSA) is 21.3 Å². The molecule has 1 N–H and O–H groups in total. The van der Waals surface area contributed by atoms with E-state index in [4.69, 9.17) is 4.74 Å². The number of hydrogen-bond donors (Lipinski definition) is 1. The van der Waals surface area contributed by atoms with Crippen molar-refractivity contribution in [3.63, 3.8) is 0 Å². The van der Waals surface area contributed by atoms with Gasteiger partial charge in [0.1, 0.15) is 0 Å². The Bertz CT molecular complexity index is 132. The van der Waals surface area contributed by atoms with Gasteiger partial charge in [0.05, 0.1) is 6.10 Å². The first kappa shape index (κ1) is 12.3. The highest BCUT2D eigenvalue weighted by atomic mass is 32.2. The van der Waals surface area contributed by atoms with E-state index in [1.807, 2.05) is 11.8 Å². The number of nitrogens with one attached hydrogen (secondary N) is 1. The van der Waals surface area contributed by atoms with Crippen LogP contribution in [-0.4, -0.2) is 37.3 Å². The largest absolute Gasteiger partial charge is 0.377 e. The van der Waals surface area contributed by atoms with Gasteiger partial charge in [0, 0.05) is 24.9 Å². The Kier molecular flexibility index (Phi) is 6.65. The minimum atomic E-state index is 0.472. The monoisotopic (exact) mass is 217 g/mol. The quantitative estimate of drug-likeness (QED) is 0.737. The number of thioether (sulfide) groups is 1. The molecular weight excluding hydrogens is 194 g/mol. The highest BCUT2D eigenvalue weighted by Gasteiger charge is 2.14. The molecule has 2 atom stereocenters. The molecule has 0 spiro atoms. The highest BCUT2D eigenvalue weighted by Crippen LogP contribution is 2.12. The van der Waals surface area contributed by atoms with Crippen molar-refractivity contribution in [3.8, 4) is 0 Å². The first-order chi connectivity index (χ1) is 6.86. The van der Waals surface area contributed by atoms with E-state index >= 15 is 0 Å². The first-order valence-electron chi connectivity index (χ1n) is 5.70. The summed E-state index contributed by atoms with van der Waals surface area (Å²) in [7, 11) is 0. The molecule has 0 aromatic heterocycles. The molecule has 2 unspecified atom stereocenters. The van der Waals surface area contributed by atoms with Crippen LogP contribution < -0.4 is 5.32 Å². The van der Waals surface area contributed by atoms with Gasteiger partial charge in [-0.2, -0.15) is 11.8 Å². The second-order valence-corrected chi connectivity index (χ2v) is 4.87. The third-order valence-corrected chi connectivity index (χ3v) is 3.50. The van der Waals surface area contributed by atoms with Crippen molar-refractivity contribution in [2.45, 2.75) is 44.8 Å². The Balaban J connectivity index is 2.10. The Hall–Kier alpha value is 0.270. The smallest absolute Gasteiger partial charge is 0.0699 e. The zero-order valence-electron chi connectivity index (χ0n) is 9.42. The van der Waals surface area contributed by atoms with Crippen LogP contribution in [-0.2, 0) is 4.74 Å². The van der Waals surface area contributed by atoms with E-state index < -0.39 is 0 Å². The summed E-state index contributed by atoms with van der Waals surface area (Å²) in [4.78, 5) is 0. The van der Waals surface area contributed by atoms with Crippen LogP contribution in [0.2, 0.25) is 0 Å². The van der Waals surface area contributed by atoms with Gasteiger partial charge in [-0.05, 0) is 31.9 Å². The summed E-state index contributed by atoms with van der Waals surface area (Å²) in [5.74, 6) is 1.21. The lowest BCUT2D eigenvalue weighted by atomic mass is 10.1. The van der Waals surface area contributed by atoms with Crippen molar-refractivity contribution < 1.29 is 4.74 Å². The van der Waals surface area contributed by atoms with Crippen LogP contribution in [0.1, 0.15) is 32.6 Å². The van der Waals surface area contributed by atoms with E-state index in [0.717, 1.165) is 13.2 Å². The molecule has 2 nitrogen and oxygen atoms in total. The summed E-state index contributed by atoms with van der Waals surface area (Å²) in [6.45, 7) is 4.25. The van der Waals surface area contributed by atoms with Crippen LogP contribution in [0.3, 0.4) is 0 Å². The Labute approximate surface area is 92.2 Å². The molecule has 14 heavy (non-hydrogen) atoms. The average molecular weight is 217 g/mol. The van der Waals surface area contributed by atoms with E-state index in [1.54, 1.807) is 0 Å². The molecular formula is C11H23NOS. The molecule has 1 aliphatic rings. The molecule has 1 saturated heterocycles. The molecule has 3 heteroatoms. The van der Waals surface area contributed by atoms with Crippen LogP contribution in [0.15, 0.2) is 0 Å². The lowest BCUT2D eigenvalue weighted by Gasteiger charge is -2.25. The SMILES string of the molecule is CCC(CSC)NCC1CCCCO1. The number of ether oxygens (including phenoxy) is 1. The zero-order valence-corrected chi connectivity index (χ0v) is 10.2. The van der Waals surface area contributed by atoms with Crippen molar-refractivity contribution >= 4 is 11.8 Å². The van der Waals surface area contributed by atoms with Gasteiger partial charge in [-0.15, -0.1) is 0 Å². The molecule has 0 aliphatic carbocycles. The maximum atomic E-state index is 5.68.